The number of rotatable bonds is 8. The highest BCUT2D eigenvalue weighted by molar-refractivity contribution is 6.18. The van der Waals surface area contributed by atoms with Crippen LogP contribution in [0.4, 0.5) is 0 Å². The standard InChI is InChI=1S/C61H42N2/c62-60(47-20-7-2-8-21-47)63-58(46-18-5-1-6-19-46)40-36-45-33-37-52(54-28-16-15-26-51(45)54)44-31-29-42(30-32-44)48-35-38-55-56-39-34-43-17-13-14-27-53(43)59(56)61(57(55)41-48,49-22-9-3-10-23-49)50-24-11-4-12-25-50/h1-41,62H/b40-36+,62-60?,63-58?. The maximum Gasteiger partial charge on any atom is 0.152 e. The molecule has 0 heterocycles. The van der Waals surface area contributed by atoms with Gasteiger partial charge in [0.15, 0.2) is 5.84 Å². The van der Waals surface area contributed by atoms with Gasteiger partial charge in [-0.3, -0.25) is 5.41 Å². The third-order valence-corrected chi connectivity index (χ3v) is 12.7. The monoisotopic (exact) mass is 802 g/mol. The summed E-state index contributed by atoms with van der Waals surface area (Å²) in [6.45, 7) is 0. The lowest BCUT2D eigenvalue weighted by atomic mass is 9.66. The summed E-state index contributed by atoms with van der Waals surface area (Å²) >= 11 is 0. The van der Waals surface area contributed by atoms with Crippen molar-refractivity contribution in [3.05, 3.63) is 282 Å². The second-order valence-corrected chi connectivity index (χ2v) is 16.2. The van der Waals surface area contributed by atoms with E-state index in [1.54, 1.807) is 0 Å². The topological polar surface area (TPSA) is 36.2 Å². The number of allylic oxidation sites excluding steroid dienone is 1. The zero-order valence-corrected chi connectivity index (χ0v) is 34.6. The van der Waals surface area contributed by atoms with E-state index in [0.29, 0.717) is 0 Å². The van der Waals surface area contributed by atoms with E-state index in [1.165, 1.54) is 66.2 Å². The third kappa shape index (κ3) is 6.61. The molecule has 0 radical (unpaired) electrons. The average Bonchev–Trinajstić information content (AvgIpc) is 3.67. The van der Waals surface area contributed by atoms with Gasteiger partial charge in [0.2, 0.25) is 0 Å². The van der Waals surface area contributed by atoms with Gasteiger partial charge in [-0.05, 0) is 94.9 Å². The lowest BCUT2D eigenvalue weighted by Gasteiger charge is -2.35. The Morgan fingerprint density at radius 1 is 0.413 bits per heavy atom. The quantitative estimate of drug-likeness (QED) is 0.117. The van der Waals surface area contributed by atoms with Crippen LogP contribution in [0.15, 0.2) is 248 Å². The summed E-state index contributed by atoms with van der Waals surface area (Å²) in [6.07, 6.45) is 4.16. The molecule has 0 saturated heterocycles. The van der Waals surface area contributed by atoms with Crippen molar-refractivity contribution < 1.29 is 0 Å². The van der Waals surface area contributed by atoms with Gasteiger partial charge in [0.1, 0.15) is 0 Å². The fraction of sp³-hybridized carbons (Fsp3) is 0.0164. The van der Waals surface area contributed by atoms with Crippen molar-refractivity contribution in [3.8, 4) is 33.4 Å². The molecular weight excluding hydrogens is 761 g/mol. The van der Waals surface area contributed by atoms with Gasteiger partial charge < -0.3 is 0 Å². The van der Waals surface area contributed by atoms with Gasteiger partial charge in [0.05, 0.1) is 11.1 Å². The van der Waals surface area contributed by atoms with E-state index in [-0.39, 0.29) is 5.84 Å². The number of nitrogens with zero attached hydrogens (tertiary/aromatic N) is 1. The summed E-state index contributed by atoms with van der Waals surface area (Å²) < 4.78 is 0. The van der Waals surface area contributed by atoms with Gasteiger partial charge in [0.25, 0.3) is 0 Å². The zero-order valence-electron chi connectivity index (χ0n) is 34.6. The summed E-state index contributed by atoms with van der Waals surface area (Å²) in [5.74, 6) is 0.230. The SMILES string of the molecule is N=C(N=C(/C=C/c1ccc(-c2ccc(-c3ccc4c(c3)C(c3ccccc3)(c3ccccc3)c3c-4ccc4ccccc34)cc2)c2ccccc12)c1ccccc1)c1ccccc1. The average molecular weight is 803 g/mol. The molecule has 1 aliphatic rings. The molecule has 0 aliphatic heterocycles. The molecule has 1 N–H and O–H groups in total. The first-order valence-electron chi connectivity index (χ1n) is 21.5. The Labute approximate surface area is 368 Å². The van der Waals surface area contributed by atoms with Gasteiger partial charge in [-0.2, -0.15) is 0 Å². The molecule has 0 amide bonds. The number of benzene rings is 10. The van der Waals surface area contributed by atoms with Crippen LogP contribution in [0.3, 0.4) is 0 Å². The van der Waals surface area contributed by atoms with E-state index in [1.807, 2.05) is 66.7 Å². The highest BCUT2D eigenvalue weighted by Gasteiger charge is 2.47. The number of nitrogens with one attached hydrogen (secondary N) is 1. The molecule has 63 heavy (non-hydrogen) atoms. The zero-order chi connectivity index (χ0) is 42.2. The van der Waals surface area contributed by atoms with Gasteiger partial charge in [0, 0.05) is 11.1 Å². The molecule has 2 nitrogen and oxygen atoms in total. The molecule has 296 valence electrons. The fourth-order valence-corrected chi connectivity index (χ4v) is 9.76. The summed E-state index contributed by atoms with van der Waals surface area (Å²) in [6, 6.07) is 84.6. The molecule has 0 bridgehead atoms. The van der Waals surface area contributed by atoms with Crippen LogP contribution < -0.4 is 0 Å². The van der Waals surface area contributed by atoms with E-state index in [9.17, 15) is 0 Å². The van der Waals surface area contributed by atoms with Crippen LogP contribution in [0.5, 0.6) is 0 Å². The van der Waals surface area contributed by atoms with Crippen LogP contribution >= 0.6 is 0 Å². The van der Waals surface area contributed by atoms with Crippen LogP contribution in [0.25, 0.3) is 61.0 Å². The lowest BCUT2D eigenvalue weighted by molar-refractivity contribution is 0.776. The molecule has 10 aromatic rings. The number of amidine groups is 1. The minimum atomic E-state index is -0.504. The Kier molecular flexibility index (Phi) is 9.60. The van der Waals surface area contributed by atoms with Crippen molar-refractivity contribution in [2.45, 2.75) is 5.41 Å². The lowest BCUT2D eigenvalue weighted by Crippen LogP contribution is -2.28. The molecule has 2 heteroatoms. The maximum absolute atomic E-state index is 8.77. The molecule has 0 saturated carbocycles. The minimum Gasteiger partial charge on any atom is -0.282 e. The summed E-state index contributed by atoms with van der Waals surface area (Å²) in [4.78, 5) is 4.80. The first-order valence-corrected chi connectivity index (χ1v) is 21.5. The molecule has 0 fully saturated rings. The van der Waals surface area contributed by atoms with Crippen LogP contribution in [-0.2, 0) is 5.41 Å². The van der Waals surface area contributed by atoms with Crippen molar-refractivity contribution in [3.63, 3.8) is 0 Å². The molecule has 10 aromatic carbocycles. The molecule has 0 unspecified atom stereocenters. The maximum atomic E-state index is 8.77. The van der Waals surface area contributed by atoms with E-state index in [0.717, 1.165) is 33.4 Å². The first-order chi connectivity index (χ1) is 31.2. The van der Waals surface area contributed by atoms with Gasteiger partial charge in [-0.1, -0.05) is 237 Å². The second kappa shape index (κ2) is 16.0. The Balaban J connectivity index is 0.981. The Morgan fingerprint density at radius 3 is 1.62 bits per heavy atom. The van der Waals surface area contributed by atoms with E-state index in [2.05, 4.69) is 182 Å². The highest BCUT2D eigenvalue weighted by atomic mass is 14.8. The molecule has 0 aromatic heterocycles. The minimum absolute atomic E-state index is 0.230. The molecule has 0 atom stereocenters. The van der Waals surface area contributed by atoms with Crippen molar-refractivity contribution in [1.29, 1.82) is 5.41 Å². The first kappa shape index (κ1) is 37.8. The Morgan fingerprint density at radius 2 is 0.937 bits per heavy atom. The van der Waals surface area contributed by atoms with Crippen LogP contribution in [0.1, 0.15) is 38.9 Å². The van der Waals surface area contributed by atoms with E-state index < -0.39 is 5.41 Å². The van der Waals surface area contributed by atoms with Crippen molar-refractivity contribution >= 4 is 39.2 Å². The molecular formula is C61H42N2. The Bertz CT molecular complexity index is 3330. The fourth-order valence-electron chi connectivity index (χ4n) is 9.76. The Hall–Kier alpha value is -8.20. The predicted molar refractivity (Wildman–Crippen MR) is 265 cm³/mol. The molecule has 0 spiro atoms. The number of aliphatic imine (C=N–C) groups is 1. The summed E-state index contributed by atoms with van der Waals surface area (Å²) in [7, 11) is 0. The smallest absolute Gasteiger partial charge is 0.152 e. The highest BCUT2D eigenvalue weighted by Crippen LogP contribution is 2.58. The number of fused-ring (bicyclic) bond motifs is 6. The predicted octanol–water partition coefficient (Wildman–Crippen LogP) is 15.2. The van der Waals surface area contributed by atoms with Gasteiger partial charge in [-0.15, -0.1) is 0 Å². The van der Waals surface area contributed by atoms with Crippen molar-refractivity contribution in [1.82, 2.24) is 0 Å². The van der Waals surface area contributed by atoms with Crippen LogP contribution in [-0.4, -0.2) is 11.5 Å². The van der Waals surface area contributed by atoms with E-state index >= 15 is 0 Å². The van der Waals surface area contributed by atoms with Crippen molar-refractivity contribution in [2.75, 3.05) is 0 Å². The summed E-state index contributed by atoms with van der Waals surface area (Å²) in [5, 5.41) is 13.6. The van der Waals surface area contributed by atoms with Gasteiger partial charge in [-0.25, -0.2) is 4.99 Å². The third-order valence-electron chi connectivity index (χ3n) is 12.7. The van der Waals surface area contributed by atoms with Crippen LogP contribution in [0.2, 0.25) is 0 Å². The second-order valence-electron chi connectivity index (χ2n) is 16.2. The number of hydrogen-bond donors (Lipinski definition) is 1. The largest absolute Gasteiger partial charge is 0.282 e. The van der Waals surface area contributed by atoms with Crippen molar-refractivity contribution in [2.24, 2.45) is 4.99 Å². The molecule has 1 aliphatic carbocycles. The number of hydrogen-bond acceptors (Lipinski definition) is 1. The molecule has 11 rings (SSSR count). The van der Waals surface area contributed by atoms with E-state index in [4.69, 9.17) is 10.4 Å². The normalized spacial score (nSPS) is 13.0. The van der Waals surface area contributed by atoms with Crippen LogP contribution in [0, 0.1) is 5.41 Å². The van der Waals surface area contributed by atoms with Gasteiger partial charge >= 0.3 is 0 Å². The summed E-state index contributed by atoms with van der Waals surface area (Å²) in [5.41, 5.74) is 15.5.